The zero-order chi connectivity index (χ0) is 28.5. The number of hydrogen-bond donors (Lipinski definition) is 1. The normalized spacial score (nSPS) is 17.3. The summed E-state index contributed by atoms with van der Waals surface area (Å²) in [5.74, 6) is -0.928. The number of fused-ring (bicyclic) bond motifs is 1. The van der Waals surface area contributed by atoms with E-state index >= 15 is 0 Å². The predicted octanol–water partition coefficient (Wildman–Crippen LogP) is 5.16. The summed E-state index contributed by atoms with van der Waals surface area (Å²) in [5, 5.41) is 2.68. The van der Waals surface area contributed by atoms with E-state index in [1.54, 1.807) is 0 Å². The standard InChI is InChI=1S/C27H33F3N2O5S/c1-17(2)37-14-6-13-26(4,27(28,29)30)20-7-9-21(10-8-20)31-25(34)24-23-12-11-22(38(5,35)36)15-19(23)16-32(24)18(3)33/h7-12,15,17,24H,6,13-14,16H2,1-5H3,(H,31,34). The van der Waals surface area contributed by atoms with E-state index in [9.17, 15) is 31.2 Å². The molecule has 0 aliphatic carbocycles. The van der Waals surface area contributed by atoms with Gasteiger partial charge in [0.05, 0.1) is 16.4 Å². The van der Waals surface area contributed by atoms with Crippen molar-refractivity contribution in [2.45, 2.75) is 75.7 Å². The van der Waals surface area contributed by atoms with Crippen molar-refractivity contribution in [1.82, 2.24) is 4.90 Å². The fourth-order valence-electron chi connectivity index (χ4n) is 4.56. The number of benzene rings is 2. The van der Waals surface area contributed by atoms with Gasteiger partial charge in [0.15, 0.2) is 9.84 Å². The molecule has 2 amide bonds. The molecule has 0 fully saturated rings. The molecule has 11 heteroatoms. The minimum absolute atomic E-state index is 0.0650. The van der Waals surface area contributed by atoms with Crippen molar-refractivity contribution in [3.63, 3.8) is 0 Å². The van der Waals surface area contributed by atoms with Gasteiger partial charge in [-0.2, -0.15) is 13.2 Å². The summed E-state index contributed by atoms with van der Waals surface area (Å²) in [6, 6.07) is 8.85. The van der Waals surface area contributed by atoms with Gasteiger partial charge in [0.25, 0.3) is 5.91 Å². The van der Waals surface area contributed by atoms with E-state index in [-0.39, 0.29) is 54.2 Å². The average molecular weight is 555 g/mol. The van der Waals surface area contributed by atoms with Crippen LogP contribution in [0.15, 0.2) is 47.4 Å². The van der Waals surface area contributed by atoms with Crippen LogP contribution in [-0.4, -0.2) is 50.3 Å². The Labute approximate surface area is 221 Å². The Balaban J connectivity index is 1.82. The number of ether oxygens (including phenoxy) is 1. The lowest BCUT2D eigenvalue weighted by Crippen LogP contribution is -2.39. The molecule has 0 aromatic heterocycles. The third kappa shape index (κ3) is 6.37. The third-order valence-electron chi connectivity index (χ3n) is 6.83. The highest BCUT2D eigenvalue weighted by atomic mass is 32.2. The highest BCUT2D eigenvalue weighted by molar-refractivity contribution is 7.90. The van der Waals surface area contributed by atoms with E-state index in [2.05, 4.69) is 5.32 Å². The van der Waals surface area contributed by atoms with Crippen LogP contribution in [0.1, 0.15) is 63.3 Å². The minimum Gasteiger partial charge on any atom is -0.379 e. The van der Waals surface area contributed by atoms with Gasteiger partial charge in [-0.25, -0.2) is 8.42 Å². The van der Waals surface area contributed by atoms with Gasteiger partial charge < -0.3 is 15.0 Å². The van der Waals surface area contributed by atoms with E-state index < -0.39 is 33.4 Å². The lowest BCUT2D eigenvalue weighted by Gasteiger charge is -2.33. The van der Waals surface area contributed by atoms with Crippen LogP contribution in [0.2, 0.25) is 0 Å². The third-order valence-corrected chi connectivity index (χ3v) is 7.94. The van der Waals surface area contributed by atoms with E-state index in [1.165, 1.54) is 54.3 Å². The molecule has 38 heavy (non-hydrogen) atoms. The summed E-state index contributed by atoms with van der Waals surface area (Å²) in [4.78, 5) is 26.9. The van der Waals surface area contributed by atoms with E-state index in [0.717, 1.165) is 13.2 Å². The number of amides is 2. The average Bonchev–Trinajstić information content (AvgIpc) is 3.20. The Morgan fingerprint density at radius 1 is 1.13 bits per heavy atom. The first-order chi connectivity index (χ1) is 17.5. The molecule has 1 heterocycles. The Hall–Kier alpha value is -2.92. The smallest absolute Gasteiger partial charge is 0.379 e. The van der Waals surface area contributed by atoms with Crippen LogP contribution < -0.4 is 5.32 Å². The molecular formula is C27H33F3N2O5S. The number of carbonyl (C=O) groups is 2. The molecular weight excluding hydrogens is 521 g/mol. The molecule has 0 bridgehead atoms. The van der Waals surface area contributed by atoms with E-state index in [4.69, 9.17) is 4.74 Å². The van der Waals surface area contributed by atoms with E-state index in [1.807, 2.05) is 13.8 Å². The Bertz CT molecular complexity index is 1290. The number of anilines is 1. The fourth-order valence-corrected chi connectivity index (χ4v) is 5.23. The monoisotopic (exact) mass is 554 g/mol. The number of halogens is 3. The first-order valence-electron chi connectivity index (χ1n) is 12.2. The number of nitrogens with zero attached hydrogens (tertiary/aromatic N) is 1. The topological polar surface area (TPSA) is 92.8 Å². The Kier molecular flexibility index (Phi) is 8.62. The molecule has 3 rings (SSSR count). The van der Waals surface area contributed by atoms with Crippen LogP contribution in [-0.2, 0) is 36.1 Å². The molecule has 2 unspecified atom stereocenters. The number of rotatable bonds is 9. The molecule has 2 aromatic rings. The van der Waals surface area contributed by atoms with Gasteiger partial charge in [0, 0.05) is 32.0 Å². The summed E-state index contributed by atoms with van der Waals surface area (Å²) < 4.78 is 71.5. The van der Waals surface area contributed by atoms with Crippen LogP contribution in [0.5, 0.6) is 0 Å². The fraction of sp³-hybridized carbons (Fsp3) is 0.481. The van der Waals surface area contributed by atoms with Gasteiger partial charge >= 0.3 is 6.18 Å². The van der Waals surface area contributed by atoms with Crippen molar-refractivity contribution in [3.8, 4) is 0 Å². The number of carbonyl (C=O) groups excluding carboxylic acids is 2. The summed E-state index contributed by atoms with van der Waals surface area (Å²) in [7, 11) is -3.48. The molecule has 208 valence electrons. The quantitative estimate of drug-likeness (QED) is 0.433. The van der Waals surface area contributed by atoms with Crippen LogP contribution in [0.4, 0.5) is 18.9 Å². The largest absolute Gasteiger partial charge is 0.398 e. The molecule has 0 saturated heterocycles. The zero-order valence-electron chi connectivity index (χ0n) is 22.1. The first kappa shape index (κ1) is 29.6. The molecule has 7 nitrogen and oxygen atoms in total. The van der Waals surface area contributed by atoms with Crippen molar-refractivity contribution >= 4 is 27.3 Å². The van der Waals surface area contributed by atoms with Gasteiger partial charge in [-0.1, -0.05) is 18.2 Å². The second-order valence-electron chi connectivity index (χ2n) is 10.1. The van der Waals surface area contributed by atoms with Crippen molar-refractivity contribution in [2.75, 3.05) is 18.2 Å². The second-order valence-corrected chi connectivity index (χ2v) is 12.1. The lowest BCUT2D eigenvalue weighted by molar-refractivity contribution is -0.188. The molecule has 2 aromatic carbocycles. The van der Waals surface area contributed by atoms with Crippen molar-refractivity contribution in [2.24, 2.45) is 0 Å². The lowest BCUT2D eigenvalue weighted by atomic mass is 9.78. The molecule has 0 saturated carbocycles. The zero-order valence-corrected chi connectivity index (χ0v) is 22.9. The minimum atomic E-state index is -4.49. The van der Waals surface area contributed by atoms with Crippen LogP contribution in [0.3, 0.4) is 0 Å². The van der Waals surface area contributed by atoms with Crippen molar-refractivity contribution < 1.29 is 35.9 Å². The second kappa shape index (κ2) is 11.1. The number of sulfone groups is 1. The highest BCUT2D eigenvalue weighted by Gasteiger charge is 2.51. The maximum Gasteiger partial charge on any atom is 0.398 e. The SMILES string of the molecule is CC(=O)N1Cc2cc(S(C)(=O)=O)ccc2C1C(=O)Nc1ccc(C(C)(CCCOC(C)C)C(F)(F)F)cc1. The van der Waals surface area contributed by atoms with Crippen LogP contribution in [0, 0.1) is 0 Å². The summed E-state index contributed by atoms with van der Waals surface area (Å²) in [6.45, 7) is 6.39. The van der Waals surface area contributed by atoms with Gasteiger partial charge in [-0.3, -0.25) is 9.59 Å². The van der Waals surface area contributed by atoms with E-state index in [0.29, 0.717) is 11.1 Å². The Morgan fingerprint density at radius 2 is 1.76 bits per heavy atom. The van der Waals surface area contributed by atoms with Crippen LogP contribution >= 0.6 is 0 Å². The summed E-state index contributed by atoms with van der Waals surface area (Å²) in [5.41, 5.74) is -0.715. The summed E-state index contributed by atoms with van der Waals surface area (Å²) >= 11 is 0. The predicted molar refractivity (Wildman–Crippen MR) is 137 cm³/mol. The number of hydrogen-bond acceptors (Lipinski definition) is 5. The Morgan fingerprint density at radius 3 is 2.29 bits per heavy atom. The van der Waals surface area contributed by atoms with Gasteiger partial charge in [-0.05, 0) is 74.6 Å². The summed E-state index contributed by atoms with van der Waals surface area (Å²) in [6.07, 6.45) is -3.41. The van der Waals surface area contributed by atoms with Gasteiger partial charge in [-0.15, -0.1) is 0 Å². The maximum absolute atomic E-state index is 14.1. The number of alkyl halides is 3. The molecule has 2 atom stereocenters. The van der Waals surface area contributed by atoms with Crippen molar-refractivity contribution in [3.05, 3.63) is 59.2 Å². The molecule has 1 aliphatic rings. The highest BCUT2D eigenvalue weighted by Crippen LogP contribution is 2.44. The van der Waals surface area contributed by atoms with Gasteiger partial charge in [0.2, 0.25) is 5.91 Å². The number of nitrogens with one attached hydrogen (secondary N) is 1. The molecule has 1 aliphatic heterocycles. The molecule has 1 N–H and O–H groups in total. The maximum atomic E-state index is 14.1. The van der Waals surface area contributed by atoms with Gasteiger partial charge in [0.1, 0.15) is 6.04 Å². The molecule has 0 spiro atoms. The van der Waals surface area contributed by atoms with Crippen LogP contribution in [0.25, 0.3) is 0 Å². The first-order valence-corrected chi connectivity index (χ1v) is 14.1. The molecule has 0 radical (unpaired) electrons. The van der Waals surface area contributed by atoms with Crippen molar-refractivity contribution in [1.29, 1.82) is 0 Å².